The first kappa shape index (κ1) is 39.1. The first-order chi connectivity index (χ1) is 33.2. The maximum absolute atomic E-state index is 2.46. The minimum absolute atomic E-state index is 0.509. The summed E-state index contributed by atoms with van der Waals surface area (Å²) in [5.41, 5.74) is 23.1. The third-order valence-corrected chi connectivity index (χ3v) is 15.2. The number of rotatable bonds is 8. The van der Waals surface area contributed by atoms with Crippen molar-refractivity contribution in [2.24, 2.45) is 0 Å². The van der Waals surface area contributed by atoms with E-state index in [0.717, 1.165) is 17.1 Å². The molecule has 67 heavy (non-hydrogen) atoms. The van der Waals surface area contributed by atoms with Crippen molar-refractivity contribution in [3.8, 4) is 76.5 Å². The molecule has 0 radical (unpaired) electrons. The van der Waals surface area contributed by atoms with Gasteiger partial charge in [-0.15, -0.1) is 11.3 Å². The molecule has 0 fully saturated rings. The maximum Gasteiger partial charge on any atom is 0.0740 e. The first-order valence-electron chi connectivity index (χ1n) is 23.1. The van der Waals surface area contributed by atoms with E-state index in [0.29, 0.717) is 0 Å². The van der Waals surface area contributed by atoms with Gasteiger partial charge in [0, 0.05) is 32.4 Å². The zero-order chi connectivity index (χ0) is 44.3. The Labute approximate surface area is 396 Å². The monoisotopic (exact) mass is 869 g/mol. The summed E-state index contributed by atoms with van der Waals surface area (Å²) in [5, 5.41) is 0. The van der Waals surface area contributed by atoms with Crippen molar-refractivity contribution in [1.29, 1.82) is 0 Å². The lowest BCUT2D eigenvalue weighted by Gasteiger charge is -2.32. The SMILES string of the molecule is c1ccc(-c2ccc(-c3ccc(N(c4ccc(-c5ccccc5)cc4)c4ccc5c(c4)-c4ccccc4C54c5ccccc5-c5sc(-c6ccccc6)c(-c6ccccc6)c54)cc3)cc2)cc1. The molecule has 1 unspecified atom stereocenters. The van der Waals surface area contributed by atoms with Crippen LogP contribution in [0, 0.1) is 0 Å². The van der Waals surface area contributed by atoms with Gasteiger partial charge in [0.05, 0.1) is 5.41 Å². The van der Waals surface area contributed by atoms with Crippen LogP contribution in [0.15, 0.2) is 261 Å². The van der Waals surface area contributed by atoms with Crippen molar-refractivity contribution in [2.45, 2.75) is 5.41 Å². The van der Waals surface area contributed by atoms with Crippen LogP contribution in [0.5, 0.6) is 0 Å². The Kier molecular flexibility index (Phi) is 9.33. The number of nitrogens with zero attached hydrogens (tertiary/aromatic N) is 1. The molecule has 314 valence electrons. The van der Waals surface area contributed by atoms with E-state index in [-0.39, 0.29) is 0 Å². The minimum atomic E-state index is -0.509. The standard InChI is InChI=1S/C65H43NS/c1-5-17-44(18-6-1)46-29-31-47(32-30-46)49-35-39-53(40-36-49)66(52-37-33-48(34-38-52)45-19-7-2-8-20-45)54-41-42-60-57(43-54)55-25-13-15-27-58(55)65(60)59-28-16-14-26-56(59)64-62(65)61(50-21-9-3-10-22-50)63(67-64)51-23-11-4-12-24-51/h1-43H. The second kappa shape index (κ2) is 16.0. The van der Waals surface area contributed by atoms with Crippen molar-refractivity contribution in [1.82, 2.24) is 0 Å². The van der Waals surface area contributed by atoms with Crippen LogP contribution in [0.4, 0.5) is 17.1 Å². The third-order valence-electron chi connectivity index (χ3n) is 13.9. The van der Waals surface area contributed by atoms with E-state index in [1.165, 1.54) is 98.8 Å². The topological polar surface area (TPSA) is 3.24 Å². The highest BCUT2D eigenvalue weighted by Gasteiger charge is 2.54. The molecule has 0 aliphatic heterocycles. The summed E-state index contributed by atoms with van der Waals surface area (Å²) in [5.74, 6) is 0. The lowest BCUT2D eigenvalue weighted by Crippen LogP contribution is -2.26. The number of hydrogen-bond acceptors (Lipinski definition) is 2. The van der Waals surface area contributed by atoms with Gasteiger partial charge in [-0.1, -0.05) is 224 Å². The fraction of sp³-hybridized carbons (Fsp3) is 0.0154. The average Bonchev–Trinajstić information content (AvgIpc) is 4.04. The van der Waals surface area contributed by atoms with Gasteiger partial charge in [-0.2, -0.15) is 0 Å². The number of fused-ring (bicyclic) bond motifs is 10. The summed E-state index contributed by atoms with van der Waals surface area (Å²) in [4.78, 5) is 5.09. The zero-order valence-corrected chi connectivity index (χ0v) is 37.5. The lowest BCUT2D eigenvalue weighted by atomic mass is 9.69. The van der Waals surface area contributed by atoms with Gasteiger partial charge in [0.1, 0.15) is 0 Å². The molecule has 2 heteroatoms. The molecule has 0 amide bonds. The molecule has 0 saturated carbocycles. The highest BCUT2D eigenvalue weighted by atomic mass is 32.1. The summed E-state index contributed by atoms with van der Waals surface area (Å²) >= 11 is 1.94. The van der Waals surface area contributed by atoms with Crippen molar-refractivity contribution >= 4 is 28.4 Å². The maximum atomic E-state index is 2.46. The number of hydrogen-bond donors (Lipinski definition) is 0. The van der Waals surface area contributed by atoms with Gasteiger partial charge < -0.3 is 4.90 Å². The molecule has 1 atom stereocenters. The quantitative estimate of drug-likeness (QED) is 0.147. The highest BCUT2D eigenvalue weighted by molar-refractivity contribution is 7.20. The number of benzene rings is 10. The van der Waals surface area contributed by atoms with Crippen molar-refractivity contribution in [2.75, 3.05) is 4.90 Å². The van der Waals surface area contributed by atoms with E-state index < -0.39 is 5.41 Å². The predicted octanol–water partition coefficient (Wildman–Crippen LogP) is 17.9. The first-order valence-corrected chi connectivity index (χ1v) is 23.9. The van der Waals surface area contributed by atoms with Crippen molar-refractivity contribution in [3.05, 3.63) is 283 Å². The summed E-state index contributed by atoms with van der Waals surface area (Å²) in [6.07, 6.45) is 0. The third kappa shape index (κ3) is 6.29. The predicted molar refractivity (Wildman–Crippen MR) is 282 cm³/mol. The van der Waals surface area contributed by atoms with Gasteiger partial charge in [-0.25, -0.2) is 0 Å². The summed E-state index contributed by atoms with van der Waals surface area (Å²) in [6.45, 7) is 0. The molecule has 1 spiro atoms. The molecular weight excluding hydrogens is 827 g/mol. The van der Waals surface area contributed by atoms with E-state index in [2.05, 4.69) is 266 Å². The second-order valence-electron chi connectivity index (χ2n) is 17.6. The molecule has 1 nitrogen and oxygen atoms in total. The molecule has 1 heterocycles. The fourth-order valence-corrected chi connectivity index (χ4v) is 12.4. The van der Waals surface area contributed by atoms with Gasteiger partial charge in [0.15, 0.2) is 0 Å². The zero-order valence-electron chi connectivity index (χ0n) is 36.7. The Bertz CT molecular complexity index is 3580. The number of anilines is 3. The largest absolute Gasteiger partial charge is 0.310 e. The molecule has 0 N–H and O–H groups in total. The molecule has 2 aliphatic carbocycles. The molecule has 0 saturated heterocycles. The van der Waals surface area contributed by atoms with Crippen molar-refractivity contribution < 1.29 is 0 Å². The Morgan fingerprint density at radius 3 is 1.16 bits per heavy atom. The molecule has 2 aliphatic rings. The van der Waals surface area contributed by atoms with E-state index >= 15 is 0 Å². The van der Waals surface area contributed by atoms with Crippen LogP contribution in [0.3, 0.4) is 0 Å². The van der Waals surface area contributed by atoms with Crippen molar-refractivity contribution in [3.63, 3.8) is 0 Å². The highest BCUT2D eigenvalue weighted by Crippen LogP contribution is 2.68. The number of thiophene rings is 1. The van der Waals surface area contributed by atoms with Crippen LogP contribution in [0.2, 0.25) is 0 Å². The summed E-state index contributed by atoms with van der Waals surface area (Å²) < 4.78 is 0. The molecule has 0 bridgehead atoms. The van der Waals surface area contributed by atoms with Crippen LogP contribution >= 0.6 is 11.3 Å². The Morgan fingerprint density at radius 2 is 0.642 bits per heavy atom. The Balaban J connectivity index is 0.990. The Morgan fingerprint density at radius 1 is 0.269 bits per heavy atom. The van der Waals surface area contributed by atoms with Gasteiger partial charge in [0.2, 0.25) is 0 Å². The van der Waals surface area contributed by atoms with Crippen LogP contribution in [0.1, 0.15) is 22.3 Å². The van der Waals surface area contributed by atoms with Crippen LogP contribution in [0.25, 0.3) is 76.5 Å². The van der Waals surface area contributed by atoms with E-state index in [1.54, 1.807) is 0 Å². The fourth-order valence-electron chi connectivity index (χ4n) is 10.9. The molecular formula is C65H43NS. The van der Waals surface area contributed by atoms with Gasteiger partial charge in [0.25, 0.3) is 0 Å². The second-order valence-corrected chi connectivity index (χ2v) is 18.6. The smallest absolute Gasteiger partial charge is 0.0740 e. The van der Waals surface area contributed by atoms with Crippen LogP contribution in [-0.2, 0) is 5.41 Å². The van der Waals surface area contributed by atoms with Gasteiger partial charge >= 0.3 is 0 Å². The van der Waals surface area contributed by atoms with Gasteiger partial charge in [-0.05, 0) is 120 Å². The van der Waals surface area contributed by atoms with Gasteiger partial charge in [-0.3, -0.25) is 0 Å². The molecule has 11 aromatic rings. The average molecular weight is 870 g/mol. The Hall–Kier alpha value is -8.30. The normalized spacial score (nSPS) is 14.0. The van der Waals surface area contributed by atoms with Crippen LogP contribution < -0.4 is 4.90 Å². The molecule has 1 aromatic heterocycles. The summed E-state index contributed by atoms with van der Waals surface area (Å²) in [7, 11) is 0. The molecule has 10 aromatic carbocycles. The minimum Gasteiger partial charge on any atom is -0.310 e. The lowest BCUT2D eigenvalue weighted by molar-refractivity contribution is 0.798. The van der Waals surface area contributed by atoms with Crippen LogP contribution in [-0.4, -0.2) is 0 Å². The summed E-state index contributed by atoms with van der Waals surface area (Å²) in [6, 6.07) is 95.9. The molecule has 13 rings (SSSR count). The van der Waals surface area contributed by atoms with E-state index in [4.69, 9.17) is 0 Å². The van der Waals surface area contributed by atoms with E-state index in [1.807, 2.05) is 11.3 Å². The van der Waals surface area contributed by atoms with E-state index in [9.17, 15) is 0 Å².